The van der Waals surface area contributed by atoms with Crippen molar-refractivity contribution in [1.29, 1.82) is 0 Å². The molecule has 1 unspecified atom stereocenters. The Bertz CT molecular complexity index is 544. The fraction of sp³-hybridized carbons (Fsp3) is 0.556. The third-order valence-electron chi connectivity index (χ3n) is 4.32. The van der Waals surface area contributed by atoms with Crippen LogP contribution in [-0.2, 0) is 6.54 Å². The van der Waals surface area contributed by atoms with Gasteiger partial charge in [0.25, 0.3) is 0 Å². The Morgan fingerprint density at radius 2 is 2.13 bits per heavy atom. The smallest absolute Gasteiger partial charge is 0.120 e. The lowest BCUT2D eigenvalue weighted by molar-refractivity contribution is 0.0633. The molecule has 1 fully saturated rings. The van der Waals surface area contributed by atoms with E-state index >= 15 is 0 Å². The number of phenolic OH excluding ortho intramolecular Hbond substituents is 1. The highest BCUT2D eigenvalue weighted by Crippen LogP contribution is 2.24. The Hall–Kier alpha value is -1.07. The molecular weight excluding hydrogens is 312 g/mol. The molecule has 0 spiro atoms. The largest absolute Gasteiger partial charge is 0.508 e. The SMILES string of the molecule is CC(C)=CCN1CCN(Cc2cc(Cl)ccc2O)CC1CCO. The van der Waals surface area contributed by atoms with Crippen molar-refractivity contribution in [2.75, 3.05) is 32.8 Å². The molecule has 0 amide bonds. The van der Waals surface area contributed by atoms with Gasteiger partial charge in [-0.05, 0) is 38.5 Å². The molecule has 1 saturated heterocycles. The lowest BCUT2D eigenvalue weighted by Gasteiger charge is -2.41. The van der Waals surface area contributed by atoms with Gasteiger partial charge in [0.1, 0.15) is 5.75 Å². The van der Waals surface area contributed by atoms with E-state index in [1.165, 1.54) is 5.57 Å². The zero-order valence-electron chi connectivity index (χ0n) is 14.0. The molecule has 1 aromatic rings. The lowest BCUT2D eigenvalue weighted by atomic mass is 10.1. The normalized spacial score (nSPS) is 19.7. The number of phenols is 1. The minimum absolute atomic E-state index is 0.201. The average molecular weight is 339 g/mol. The molecule has 1 atom stereocenters. The van der Waals surface area contributed by atoms with Crippen LogP contribution in [0.3, 0.4) is 0 Å². The summed E-state index contributed by atoms with van der Waals surface area (Å²) in [6.45, 7) is 8.85. The van der Waals surface area contributed by atoms with Crippen LogP contribution in [0.5, 0.6) is 5.75 Å². The number of halogens is 1. The zero-order valence-corrected chi connectivity index (χ0v) is 14.8. The second kappa shape index (κ2) is 8.69. The molecule has 0 aromatic heterocycles. The van der Waals surface area contributed by atoms with Gasteiger partial charge in [0.15, 0.2) is 0 Å². The van der Waals surface area contributed by atoms with Crippen LogP contribution in [0, 0.1) is 0 Å². The van der Waals surface area contributed by atoms with Crippen LogP contribution < -0.4 is 0 Å². The molecule has 1 aliphatic rings. The number of benzene rings is 1. The second-order valence-electron chi connectivity index (χ2n) is 6.45. The topological polar surface area (TPSA) is 46.9 Å². The first-order valence-electron chi connectivity index (χ1n) is 8.17. The molecule has 0 radical (unpaired) electrons. The third-order valence-corrected chi connectivity index (χ3v) is 4.56. The van der Waals surface area contributed by atoms with Crippen LogP contribution in [0.1, 0.15) is 25.8 Å². The van der Waals surface area contributed by atoms with Gasteiger partial charge in [-0.25, -0.2) is 0 Å². The summed E-state index contributed by atoms with van der Waals surface area (Å²) in [7, 11) is 0. The monoisotopic (exact) mass is 338 g/mol. The van der Waals surface area contributed by atoms with Crippen molar-refractivity contribution in [3.63, 3.8) is 0 Å². The van der Waals surface area contributed by atoms with Gasteiger partial charge in [-0.3, -0.25) is 9.80 Å². The van der Waals surface area contributed by atoms with Gasteiger partial charge in [-0.1, -0.05) is 23.3 Å². The van der Waals surface area contributed by atoms with E-state index in [1.807, 2.05) is 6.07 Å². The number of piperazine rings is 1. The maximum atomic E-state index is 9.99. The summed E-state index contributed by atoms with van der Waals surface area (Å²) in [5.41, 5.74) is 2.18. The Kier molecular flexibility index (Phi) is 6.90. The summed E-state index contributed by atoms with van der Waals surface area (Å²) in [6, 6.07) is 5.51. The molecule has 0 aliphatic carbocycles. The standard InChI is InChI=1S/C18H27ClN2O2/c1-14(2)5-7-21-9-8-20(13-17(21)6-10-22)12-15-11-16(19)3-4-18(15)23/h3-5,11,17,22-23H,6-10,12-13H2,1-2H3. The molecular formula is C18H27ClN2O2. The van der Waals surface area contributed by atoms with E-state index in [9.17, 15) is 10.2 Å². The van der Waals surface area contributed by atoms with Gasteiger partial charge in [0.2, 0.25) is 0 Å². The summed E-state index contributed by atoms with van der Waals surface area (Å²) in [5, 5.41) is 20.0. The maximum Gasteiger partial charge on any atom is 0.120 e. The summed E-state index contributed by atoms with van der Waals surface area (Å²) in [4.78, 5) is 4.75. The number of hydrogen-bond acceptors (Lipinski definition) is 4. The molecule has 128 valence electrons. The molecule has 1 heterocycles. The molecule has 1 aliphatic heterocycles. The maximum absolute atomic E-state index is 9.99. The van der Waals surface area contributed by atoms with Crippen LogP contribution in [0.4, 0.5) is 0 Å². The first kappa shape index (κ1) is 18.3. The summed E-state index contributed by atoms with van der Waals surface area (Å²) >= 11 is 6.03. The van der Waals surface area contributed by atoms with E-state index in [-0.39, 0.29) is 6.61 Å². The van der Waals surface area contributed by atoms with Gasteiger partial charge in [-0.15, -0.1) is 0 Å². The van der Waals surface area contributed by atoms with Crippen LogP contribution in [0.25, 0.3) is 0 Å². The number of nitrogens with zero attached hydrogens (tertiary/aromatic N) is 2. The Morgan fingerprint density at radius 1 is 1.35 bits per heavy atom. The Morgan fingerprint density at radius 3 is 2.83 bits per heavy atom. The number of aliphatic hydroxyl groups excluding tert-OH is 1. The first-order valence-corrected chi connectivity index (χ1v) is 8.55. The quantitative estimate of drug-likeness (QED) is 0.783. The minimum Gasteiger partial charge on any atom is -0.508 e. The molecule has 2 rings (SSSR count). The third kappa shape index (κ3) is 5.50. The van der Waals surface area contributed by atoms with Gasteiger partial charge in [0, 0.05) is 56.0 Å². The van der Waals surface area contributed by atoms with Crippen molar-refractivity contribution in [2.24, 2.45) is 0 Å². The molecule has 5 heteroatoms. The zero-order chi connectivity index (χ0) is 16.8. The van der Waals surface area contributed by atoms with Crippen LogP contribution >= 0.6 is 11.6 Å². The Balaban J connectivity index is 2.00. The van der Waals surface area contributed by atoms with E-state index in [0.29, 0.717) is 23.4 Å². The first-order chi connectivity index (χ1) is 11.0. The van der Waals surface area contributed by atoms with Crippen molar-refractivity contribution in [3.05, 3.63) is 40.4 Å². The molecule has 2 N–H and O–H groups in total. The van der Waals surface area contributed by atoms with E-state index < -0.39 is 0 Å². The molecule has 1 aromatic carbocycles. The number of allylic oxidation sites excluding steroid dienone is 1. The van der Waals surface area contributed by atoms with Crippen molar-refractivity contribution in [1.82, 2.24) is 9.80 Å². The summed E-state index contributed by atoms with van der Waals surface area (Å²) in [6.07, 6.45) is 3.01. The van der Waals surface area contributed by atoms with E-state index in [2.05, 4.69) is 29.7 Å². The van der Waals surface area contributed by atoms with Crippen molar-refractivity contribution < 1.29 is 10.2 Å². The summed E-state index contributed by atoms with van der Waals surface area (Å²) < 4.78 is 0. The van der Waals surface area contributed by atoms with Crippen LogP contribution in [-0.4, -0.2) is 58.8 Å². The van der Waals surface area contributed by atoms with Gasteiger partial charge in [-0.2, -0.15) is 0 Å². The van der Waals surface area contributed by atoms with Crippen LogP contribution in [0.2, 0.25) is 5.02 Å². The molecule has 0 saturated carbocycles. The average Bonchev–Trinajstić information content (AvgIpc) is 2.50. The van der Waals surface area contributed by atoms with Gasteiger partial charge in [0.05, 0.1) is 0 Å². The summed E-state index contributed by atoms with van der Waals surface area (Å²) in [5.74, 6) is 0.292. The van der Waals surface area contributed by atoms with E-state index in [4.69, 9.17) is 11.6 Å². The highest BCUT2D eigenvalue weighted by molar-refractivity contribution is 6.30. The highest BCUT2D eigenvalue weighted by Gasteiger charge is 2.26. The fourth-order valence-corrected chi connectivity index (χ4v) is 3.18. The predicted octanol–water partition coefficient (Wildman–Crippen LogP) is 2.88. The number of rotatable bonds is 6. The molecule has 4 nitrogen and oxygen atoms in total. The number of aliphatic hydroxyl groups is 1. The number of aromatic hydroxyl groups is 1. The predicted molar refractivity (Wildman–Crippen MR) is 94.9 cm³/mol. The lowest BCUT2D eigenvalue weighted by Crippen LogP contribution is -2.53. The Labute approximate surface area is 144 Å². The van der Waals surface area contributed by atoms with Gasteiger partial charge >= 0.3 is 0 Å². The van der Waals surface area contributed by atoms with E-state index in [1.54, 1.807) is 12.1 Å². The highest BCUT2D eigenvalue weighted by atomic mass is 35.5. The number of hydrogen-bond donors (Lipinski definition) is 2. The molecule has 0 bridgehead atoms. The van der Waals surface area contributed by atoms with Crippen LogP contribution in [0.15, 0.2) is 29.8 Å². The van der Waals surface area contributed by atoms with E-state index in [0.717, 1.165) is 38.2 Å². The van der Waals surface area contributed by atoms with Crippen molar-refractivity contribution in [2.45, 2.75) is 32.9 Å². The van der Waals surface area contributed by atoms with Crippen molar-refractivity contribution >= 4 is 11.6 Å². The van der Waals surface area contributed by atoms with Crippen molar-refractivity contribution in [3.8, 4) is 5.75 Å². The van der Waals surface area contributed by atoms with Gasteiger partial charge < -0.3 is 10.2 Å². The molecule has 23 heavy (non-hydrogen) atoms. The second-order valence-corrected chi connectivity index (χ2v) is 6.89. The minimum atomic E-state index is 0.201. The fourth-order valence-electron chi connectivity index (χ4n) is 2.99.